The minimum Gasteiger partial charge on any atom is -0.426 e. The van der Waals surface area contributed by atoms with Gasteiger partial charge in [0.1, 0.15) is 5.75 Å². The molecule has 1 aromatic carbocycles. The van der Waals surface area contributed by atoms with Crippen LogP contribution in [0.2, 0.25) is 0 Å². The summed E-state index contributed by atoms with van der Waals surface area (Å²) in [6, 6.07) is 11.0. The van der Waals surface area contributed by atoms with E-state index in [0.29, 0.717) is 24.6 Å². The predicted molar refractivity (Wildman–Crippen MR) is 149 cm³/mol. The monoisotopic (exact) mass is 512 g/mol. The number of nitrogens with one attached hydrogen (secondary N) is 1. The predicted octanol–water partition coefficient (Wildman–Crippen LogP) is 6.19. The molecule has 0 fully saturated rings. The maximum absolute atomic E-state index is 13.3. The second-order valence-electron chi connectivity index (χ2n) is 11.4. The number of benzene rings is 1. The van der Waals surface area contributed by atoms with Gasteiger partial charge < -0.3 is 10.1 Å². The maximum atomic E-state index is 13.3. The molecule has 0 radical (unpaired) electrons. The van der Waals surface area contributed by atoms with E-state index >= 15 is 0 Å². The summed E-state index contributed by atoms with van der Waals surface area (Å²) in [6.07, 6.45) is 6.16. The molecule has 0 saturated carbocycles. The Morgan fingerprint density at radius 2 is 1.89 bits per heavy atom. The van der Waals surface area contributed by atoms with Crippen molar-refractivity contribution in [3.8, 4) is 5.75 Å². The molecule has 36 heavy (non-hydrogen) atoms. The van der Waals surface area contributed by atoms with Gasteiger partial charge in [-0.3, -0.25) is 14.5 Å². The number of hydrogen-bond donors (Lipinski definition) is 1. The molecule has 3 rings (SSSR count). The summed E-state index contributed by atoms with van der Waals surface area (Å²) in [5, 5.41) is 5.18. The highest BCUT2D eigenvalue weighted by Gasteiger charge is 2.37. The van der Waals surface area contributed by atoms with Crippen molar-refractivity contribution in [3.63, 3.8) is 0 Å². The van der Waals surface area contributed by atoms with Crippen LogP contribution in [-0.2, 0) is 28.9 Å². The van der Waals surface area contributed by atoms with Crippen molar-refractivity contribution >= 4 is 23.2 Å². The lowest BCUT2D eigenvalue weighted by Crippen LogP contribution is -2.48. The Balaban J connectivity index is 1.67. The molecule has 0 saturated heterocycles. The molecule has 1 atom stereocenters. The minimum absolute atomic E-state index is 0.0108. The van der Waals surface area contributed by atoms with Crippen LogP contribution in [0.5, 0.6) is 5.75 Å². The first-order valence-corrected chi connectivity index (χ1v) is 14.3. The molecular weight excluding hydrogens is 468 g/mol. The maximum Gasteiger partial charge on any atom is 0.316 e. The number of hydrogen-bond acceptors (Lipinski definition) is 5. The van der Waals surface area contributed by atoms with E-state index in [1.807, 2.05) is 58.1 Å². The van der Waals surface area contributed by atoms with Crippen LogP contribution in [-0.4, -0.2) is 41.4 Å². The molecule has 0 bridgehead atoms. The van der Waals surface area contributed by atoms with Gasteiger partial charge in [-0.15, -0.1) is 11.3 Å². The summed E-state index contributed by atoms with van der Waals surface area (Å²) in [5.41, 5.74) is 1.24. The van der Waals surface area contributed by atoms with Crippen LogP contribution in [0.15, 0.2) is 35.7 Å². The molecule has 2 aromatic rings. The van der Waals surface area contributed by atoms with Crippen LogP contribution in [0.3, 0.4) is 0 Å². The Labute approximate surface area is 221 Å². The van der Waals surface area contributed by atoms with Gasteiger partial charge in [0, 0.05) is 29.4 Å². The second-order valence-corrected chi connectivity index (χ2v) is 12.4. The Morgan fingerprint density at radius 3 is 2.56 bits per heavy atom. The molecule has 1 N–H and O–H groups in total. The SMILES string of the molecule is CCCN(CCc1cccs1)[C@H]1CCc2c(cccc2OC(=O)C(C)(C)CC(C)(C)NC(=O)CC)C1. The van der Waals surface area contributed by atoms with Crippen LogP contribution < -0.4 is 10.1 Å². The third kappa shape index (κ3) is 7.66. The Kier molecular flexibility index (Phi) is 9.76. The molecule has 1 aromatic heterocycles. The fourth-order valence-corrected chi connectivity index (χ4v) is 6.26. The van der Waals surface area contributed by atoms with Crippen molar-refractivity contribution in [1.29, 1.82) is 0 Å². The van der Waals surface area contributed by atoms with Crippen LogP contribution in [0.1, 0.15) is 83.2 Å². The van der Waals surface area contributed by atoms with Crippen molar-refractivity contribution < 1.29 is 14.3 Å². The van der Waals surface area contributed by atoms with E-state index in [4.69, 9.17) is 4.74 Å². The highest BCUT2D eigenvalue weighted by atomic mass is 32.1. The van der Waals surface area contributed by atoms with Crippen molar-refractivity contribution in [3.05, 3.63) is 51.7 Å². The fourth-order valence-electron chi connectivity index (χ4n) is 5.56. The van der Waals surface area contributed by atoms with Crippen LogP contribution in [0.25, 0.3) is 0 Å². The van der Waals surface area contributed by atoms with Gasteiger partial charge in [0.15, 0.2) is 0 Å². The molecule has 1 heterocycles. The number of nitrogens with zero attached hydrogens (tertiary/aromatic N) is 1. The molecule has 0 aliphatic heterocycles. The molecule has 1 aliphatic rings. The van der Waals surface area contributed by atoms with Crippen molar-refractivity contribution in [2.24, 2.45) is 5.41 Å². The van der Waals surface area contributed by atoms with Gasteiger partial charge in [0.2, 0.25) is 5.91 Å². The van der Waals surface area contributed by atoms with Crippen molar-refractivity contribution in [1.82, 2.24) is 10.2 Å². The highest BCUT2D eigenvalue weighted by molar-refractivity contribution is 7.09. The summed E-state index contributed by atoms with van der Waals surface area (Å²) in [6.45, 7) is 14.0. The number of thiophene rings is 1. The molecule has 1 amide bonds. The van der Waals surface area contributed by atoms with E-state index in [0.717, 1.165) is 45.2 Å². The highest BCUT2D eigenvalue weighted by Crippen LogP contribution is 2.35. The number of carbonyl (C=O) groups excluding carboxylic acids is 2. The third-order valence-corrected chi connectivity index (χ3v) is 8.04. The molecule has 6 heteroatoms. The number of amides is 1. The zero-order chi connectivity index (χ0) is 26.3. The van der Waals surface area contributed by atoms with Crippen LogP contribution in [0, 0.1) is 5.41 Å². The largest absolute Gasteiger partial charge is 0.426 e. The number of esters is 1. The normalized spacial score (nSPS) is 16.0. The van der Waals surface area contributed by atoms with Gasteiger partial charge >= 0.3 is 5.97 Å². The van der Waals surface area contributed by atoms with E-state index in [-0.39, 0.29) is 11.9 Å². The fraction of sp³-hybridized carbons (Fsp3) is 0.600. The first kappa shape index (κ1) is 28.4. The lowest BCUT2D eigenvalue weighted by atomic mass is 9.80. The van der Waals surface area contributed by atoms with Gasteiger partial charge in [-0.2, -0.15) is 0 Å². The summed E-state index contributed by atoms with van der Waals surface area (Å²) in [7, 11) is 0. The average Bonchev–Trinajstić information content (AvgIpc) is 3.34. The van der Waals surface area contributed by atoms with E-state index in [2.05, 4.69) is 40.7 Å². The standard InChI is InChI=1S/C30H44N2O3S/c1-7-17-32(18-16-24-12-10-19-36-24)23-14-15-25-22(20-23)11-9-13-26(25)35-28(34)29(3,4)21-30(5,6)31-27(33)8-2/h9-13,19,23H,7-8,14-18,20-21H2,1-6H3,(H,31,33)/t23-/m0/s1. The van der Waals surface area contributed by atoms with E-state index in [1.165, 1.54) is 16.0 Å². The quantitative estimate of drug-likeness (QED) is 0.272. The minimum atomic E-state index is -0.732. The number of carbonyl (C=O) groups is 2. The summed E-state index contributed by atoms with van der Waals surface area (Å²) < 4.78 is 6.03. The number of ether oxygens (including phenoxy) is 1. The first-order chi connectivity index (χ1) is 17.0. The summed E-state index contributed by atoms with van der Waals surface area (Å²) in [4.78, 5) is 29.3. The van der Waals surface area contributed by atoms with Gasteiger partial charge in [-0.05, 0) is 101 Å². The van der Waals surface area contributed by atoms with Gasteiger partial charge in [0.25, 0.3) is 0 Å². The van der Waals surface area contributed by atoms with Gasteiger partial charge in [-0.25, -0.2) is 0 Å². The zero-order valence-corrected chi connectivity index (χ0v) is 23.8. The Morgan fingerprint density at radius 1 is 1.11 bits per heavy atom. The van der Waals surface area contributed by atoms with Crippen molar-refractivity contribution in [2.45, 2.75) is 98.1 Å². The second kappa shape index (κ2) is 12.4. The molecule has 198 valence electrons. The first-order valence-electron chi connectivity index (χ1n) is 13.4. The zero-order valence-electron chi connectivity index (χ0n) is 23.0. The van der Waals surface area contributed by atoms with Gasteiger partial charge in [0.05, 0.1) is 5.41 Å². The van der Waals surface area contributed by atoms with Crippen LogP contribution >= 0.6 is 11.3 Å². The van der Waals surface area contributed by atoms with E-state index < -0.39 is 11.0 Å². The summed E-state index contributed by atoms with van der Waals surface area (Å²) >= 11 is 1.84. The summed E-state index contributed by atoms with van der Waals surface area (Å²) in [5.74, 6) is 0.434. The molecule has 0 spiro atoms. The lowest BCUT2D eigenvalue weighted by Gasteiger charge is -2.36. The molecule has 5 nitrogen and oxygen atoms in total. The topological polar surface area (TPSA) is 58.6 Å². The molecule has 1 aliphatic carbocycles. The van der Waals surface area contributed by atoms with E-state index in [1.54, 1.807) is 0 Å². The van der Waals surface area contributed by atoms with Crippen molar-refractivity contribution in [2.75, 3.05) is 13.1 Å². The lowest BCUT2D eigenvalue weighted by molar-refractivity contribution is -0.145. The molecule has 0 unspecified atom stereocenters. The number of rotatable bonds is 12. The Bertz CT molecular complexity index is 1010. The number of fused-ring (bicyclic) bond motifs is 1. The Hall–Kier alpha value is -2.18. The smallest absolute Gasteiger partial charge is 0.316 e. The molecular formula is C30H44N2O3S. The average molecular weight is 513 g/mol. The third-order valence-electron chi connectivity index (χ3n) is 7.10. The van der Waals surface area contributed by atoms with Crippen LogP contribution in [0.4, 0.5) is 0 Å². The van der Waals surface area contributed by atoms with E-state index in [9.17, 15) is 9.59 Å². The van der Waals surface area contributed by atoms with Gasteiger partial charge in [-0.1, -0.05) is 32.0 Å².